The van der Waals surface area contributed by atoms with E-state index in [1.807, 2.05) is 36.6 Å². The average molecular weight is 272 g/mol. The molecule has 1 aromatic carbocycles. The molecule has 4 nitrogen and oxygen atoms in total. The molecule has 0 aliphatic carbocycles. The first-order valence-electron chi connectivity index (χ1n) is 5.76. The molecule has 0 saturated heterocycles. The third kappa shape index (κ3) is 2.06. The van der Waals surface area contributed by atoms with Crippen molar-refractivity contribution in [2.75, 3.05) is 13.4 Å². The average Bonchev–Trinajstić information content (AvgIpc) is 2.91. The number of thioether (sulfide) groups is 1. The summed E-state index contributed by atoms with van der Waals surface area (Å²) >= 11 is 1.46. The van der Waals surface area contributed by atoms with Crippen LogP contribution in [0.3, 0.4) is 0 Å². The lowest BCUT2D eigenvalue weighted by Gasteiger charge is -2.04. The van der Waals surface area contributed by atoms with Crippen molar-refractivity contribution in [2.24, 2.45) is 0 Å². The Bertz CT molecular complexity index is 710. The zero-order chi connectivity index (χ0) is 13.2. The van der Waals surface area contributed by atoms with Crippen LogP contribution in [0.25, 0.3) is 22.2 Å². The predicted octanol–water partition coefficient (Wildman–Crippen LogP) is 3.62. The Labute approximate surface area is 114 Å². The third-order valence-corrected chi connectivity index (χ3v) is 3.39. The van der Waals surface area contributed by atoms with E-state index in [0.717, 1.165) is 16.5 Å². The van der Waals surface area contributed by atoms with Crippen LogP contribution < -0.4 is 4.74 Å². The maximum atomic E-state index is 5.54. The summed E-state index contributed by atoms with van der Waals surface area (Å²) in [7, 11) is 1.60. The highest BCUT2D eigenvalue weighted by Crippen LogP contribution is 2.35. The van der Waals surface area contributed by atoms with Crippen molar-refractivity contribution in [3.63, 3.8) is 0 Å². The van der Waals surface area contributed by atoms with E-state index in [1.54, 1.807) is 13.4 Å². The lowest BCUT2D eigenvalue weighted by molar-refractivity contribution is 0.398. The van der Waals surface area contributed by atoms with Gasteiger partial charge in [0.15, 0.2) is 5.16 Å². The minimum absolute atomic E-state index is 0.543. The van der Waals surface area contributed by atoms with E-state index in [-0.39, 0.29) is 0 Å². The summed E-state index contributed by atoms with van der Waals surface area (Å²) in [5.41, 5.74) is 2.55. The quantitative estimate of drug-likeness (QED) is 0.538. The number of hydrogen-bond acceptors (Lipinski definition) is 5. The first-order valence-corrected chi connectivity index (χ1v) is 6.98. The number of rotatable bonds is 3. The molecule has 2 aromatic heterocycles. The molecule has 0 radical (unpaired) electrons. The number of methoxy groups -OCH3 is 1. The van der Waals surface area contributed by atoms with Crippen molar-refractivity contribution in [1.29, 1.82) is 0 Å². The first-order chi connectivity index (χ1) is 9.33. The van der Waals surface area contributed by atoms with Crippen molar-refractivity contribution in [2.45, 2.75) is 5.16 Å². The van der Waals surface area contributed by atoms with Gasteiger partial charge in [-0.05, 0) is 11.8 Å². The molecule has 0 amide bonds. The zero-order valence-electron chi connectivity index (χ0n) is 10.6. The van der Waals surface area contributed by atoms with Crippen LogP contribution in [0, 0.1) is 0 Å². The molecule has 0 fully saturated rings. The Morgan fingerprint density at radius 3 is 2.63 bits per heavy atom. The molecule has 5 heteroatoms. The topological polar surface area (TPSA) is 48.2 Å². The molecule has 96 valence electrons. The molecule has 0 spiro atoms. The van der Waals surface area contributed by atoms with Crippen molar-refractivity contribution >= 4 is 22.9 Å². The lowest BCUT2D eigenvalue weighted by atomic mass is 10.1. The van der Waals surface area contributed by atoms with Gasteiger partial charge in [-0.2, -0.15) is 9.97 Å². The summed E-state index contributed by atoms with van der Waals surface area (Å²) in [6, 6.07) is 9.99. The highest BCUT2D eigenvalue weighted by Gasteiger charge is 2.16. The standard InChI is InChI=1S/C14H12N2O2S/c1-17-12-11-10(9-6-4-3-5-7-9)8-18-13(11)16-14(15-12)19-2/h3-8H,1-2H3. The van der Waals surface area contributed by atoms with E-state index in [0.29, 0.717) is 16.7 Å². The number of benzene rings is 1. The van der Waals surface area contributed by atoms with E-state index in [4.69, 9.17) is 9.15 Å². The Morgan fingerprint density at radius 2 is 1.95 bits per heavy atom. The van der Waals surface area contributed by atoms with Gasteiger partial charge < -0.3 is 9.15 Å². The van der Waals surface area contributed by atoms with Crippen LogP contribution in [0.2, 0.25) is 0 Å². The lowest BCUT2D eigenvalue weighted by Crippen LogP contribution is -1.93. The van der Waals surface area contributed by atoms with Crippen LogP contribution in [-0.2, 0) is 0 Å². The second kappa shape index (κ2) is 4.93. The second-order valence-corrected chi connectivity index (χ2v) is 4.69. The summed E-state index contributed by atoms with van der Waals surface area (Å²) in [6.45, 7) is 0. The van der Waals surface area contributed by atoms with Crippen molar-refractivity contribution in [3.05, 3.63) is 36.6 Å². The highest BCUT2D eigenvalue weighted by atomic mass is 32.2. The Hall–Kier alpha value is -2.01. The Balaban J connectivity index is 2.28. The van der Waals surface area contributed by atoms with Crippen molar-refractivity contribution in [1.82, 2.24) is 9.97 Å². The fraction of sp³-hybridized carbons (Fsp3) is 0.143. The van der Waals surface area contributed by atoms with Gasteiger partial charge in [0.25, 0.3) is 0 Å². The molecule has 0 aliphatic rings. The Morgan fingerprint density at radius 1 is 1.16 bits per heavy atom. The number of hydrogen-bond donors (Lipinski definition) is 0. The smallest absolute Gasteiger partial charge is 0.234 e. The molecule has 0 atom stereocenters. The maximum Gasteiger partial charge on any atom is 0.234 e. The summed E-state index contributed by atoms with van der Waals surface area (Å²) in [4.78, 5) is 8.72. The van der Waals surface area contributed by atoms with E-state index in [1.165, 1.54) is 11.8 Å². The summed E-state index contributed by atoms with van der Waals surface area (Å²) in [5, 5.41) is 1.45. The van der Waals surface area contributed by atoms with Crippen LogP contribution in [-0.4, -0.2) is 23.3 Å². The van der Waals surface area contributed by atoms with Gasteiger partial charge in [0, 0.05) is 5.56 Å². The summed E-state index contributed by atoms with van der Waals surface area (Å²) in [6.07, 6.45) is 3.61. The fourth-order valence-corrected chi connectivity index (χ4v) is 2.31. The van der Waals surface area contributed by atoms with Crippen LogP contribution in [0.5, 0.6) is 5.88 Å². The molecule has 3 rings (SSSR count). The predicted molar refractivity (Wildman–Crippen MR) is 75.6 cm³/mol. The molecular formula is C14H12N2O2S. The van der Waals surface area contributed by atoms with Gasteiger partial charge in [0.05, 0.1) is 7.11 Å². The number of ether oxygens (including phenoxy) is 1. The van der Waals surface area contributed by atoms with E-state index in [2.05, 4.69) is 9.97 Å². The van der Waals surface area contributed by atoms with Gasteiger partial charge in [-0.1, -0.05) is 42.1 Å². The summed E-state index contributed by atoms with van der Waals surface area (Å²) < 4.78 is 10.9. The molecule has 0 unspecified atom stereocenters. The molecule has 0 saturated carbocycles. The minimum Gasteiger partial charge on any atom is -0.480 e. The normalized spacial score (nSPS) is 10.8. The van der Waals surface area contributed by atoms with Gasteiger partial charge in [-0.25, -0.2) is 0 Å². The van der Waals surface area contributed by atoms with Gasteiger partial charge >= 0.3 is 0 Å². The second-order valence-electron chi connectivity index (χ2n) is 3.92. The highest BCUT2D eigenvalue weighted by molar-refractivity contribution is 7.98. The molecule has 3 aromatic rings. The molecular weight excluding hydrogens is 260 g/mol. The number of furan rings is 1. The Kier molecular flexibility index (Phi) is 3.13. The fourth-order valence-electron chi connectivity index (χ4n) is 1.96. The van der Waals surface area contributed by atoms with E-state index >= 15 is 0 Å². The number of fused-ring (bicyclic) bond motifs is 1. The molecule has 19 heavy (non-hydrogen) atoms. The first kappa shape index (κ1) is 12.0. The van der Waals surface area contributed by atoms with Gasteiger partial charge in [-0.3, -0.25) is 0 Å². The van der Waals surface area contributed by atoms with Gasteiger partial charge in [0.2, 0.25) is 11.6 Å². The molecule has 0 bridgehead atoms. The van der Waals surface area contributed by atoms with Crippen LogP contribution in [0.1, 0.15) is 0 Å². The van der Waals surface area contributed by atoms with Crippen molar-refractivity contribution in [3.8, 4) is 17.0 Å². The van der Waals surface area contributed by atoms with E-state index < -0.39 is 0 Å². The van der Waals surface area contributed by atoms with Gasteiger partial charge in [0.1, 0.15) is 11.6 Å². The van der Waals surface area contributed by atoms with Gasteiger partial charge in [-0.15, -0.1) is 0 Å². The molecule has 0 aliphatic heterocycles. The molecule has 2 heterocycles. The summed E-state index contributed by atoms with van der Waals surface area (Å²) in [5.74, 6) is 0.543. The SMILES string of the molecule is COc1nc(SC)nc2occ(-c3ccccc3)c12. The third-order valence-electron chi connectivity index (χ3n) is 2.84. The molecule has 0 N–H and O–H groups in total. The minimum atomic E-state index is 0.543. The maximum absolute atomic E-state index is 5.54. The van der Waals surface area contributed by atoms with Crippen LogP contribution >= 0.6 is 11.8 Å². The zero-order valence-corrected chi connectivity index (χ0v) is 11.4. The van der Waals surface area contributed by atoms with E-state index in [9.17, 15) is 0 Å². The monoisotopic (exact) mass is 272 g/mol. The van der Waals surface area contributed by atoms with Crippen LogP contribution in [0.15, 0.2) is 46.2 Å². The largest absolute Gasteiger partial charge is 0.480 e. The number of aromatic nitrogens is 2. The number of nitrogens with zero attached hydrogens (tertiary/aromatic N) is 2. The van der Waals surface area contributed by atoms with Crippen molar-refractivity contribution < 1.29 is 9.15 Å². The van der Waals surface area contributed by atoms with Crippen LogP contribution in [0.4, 0.5) is 0 Å².